The quantitative estimate of drug-likeness (QED) is 0.211. The first-order valence-corrected chi connectivity index (χ1v) is 13.4. The van der Waals surface area contributed by atoms with Crippen molar-refractivity contribution >= 4 is 0 Å². The van der Waals surface area contributed by atoms with Crippen molar-refractivity contribution < 1.29 is 17.9 Å². The SMILES string of the molecule is FC(F)(F)c1ccc(-c2ccccc2COCCN2CCN(C(c3ccccc3)c3ccccc3)CC2)cc1. The largest absolute Gasteiger partial charge is 0.416 e. The number of halogens is 3. The summed E-state index contributed by atoms with van der Waals surface area (Å²) in [5.74, 6) is 0. The summed E-state index contributed by atoms with van der Waals surface area (Å²) in [5, 5.41) is 0. The van der Waals surface area contributed by atoms with Gasteiger partial charge in [0.1, 0.15) is 0 Å². The number of ether oxygens (including phenoxy) is 1. The van der Waals surface area contributed by atoms with Gasteiger partial charge in [-0.3, -0.25) is 9.80 Å². The van der Waals surface area contributed by atoms with Crippen LogP contribution in [-0.4, -0.2) is 49.1 Å². The lowest BCUT2D eigenvalue weighted by Crippen LogP contribution is -2.48. The molecule has 4 aromatic rings. The Labute approximate surface area is 228 Å². The summed E-state index contributed by atoms with van der Waals surface area (Å²) in [6.07, 6.45) is -4.34. The zero-order valence-corrected chi connectivity index (χ0v) is 21.9. The molecule has 0 spiro atoms. The molecule has 1 heterocycles. The molecule has 0 bridgehead atoms. The van der Waals surface area contributed by atoms with Crippen LogP contribution in [0.4, 0.5) is 13.2 Å². The minimum Gasteiger partial charge on any atom is -0.375 e. The molecule has 0 aromatic heterocycles. The van der Waals surface area contributed by atoms with Gasteiger partial charge in [0, 0.05) is 32.7 Å². The van der Waals surface area contributed by atoms with Gasteiger partial charge in [0.2, 0.25) is 0 Å². The first-order chi connectivity index (χ1) is 19.0. The zero-order chi connectivity index (χ0) is 27.1. The molecule has 1 saturated heterocycles. The third kappa shape index (κ3) is 6.95. The highest BCUT2D eigenvalue weighted by atomic mass is 19.4. The molecule has 6 heteroatoms. The second-order valence-electron chi connectivity index (χ2n) is 9.89. The summed E-state index contributed by atoms with van der Waals surface area (Å²) in [4.78, 5) is 4.99. The van der Waals surface area contributed by atoms with Crippen molar-refractivity contribution in [1.29, 1.82) is 0 Å². The number of benzene rings is 4. The highest BCUT2D eigenvalue weighted by Crippen LogP contribution is 2.32. The highest BCUT2D eigenvalue weighted by Gasteiger charge is 2.30. The average molecular weight is 531 g/mol. The van der Waals surface area contributed by atoms with Crippen LogP contribution in [0.15, 0.2) is 109 Å². The number of alkyl halides is 3. The third-order valence-corrected chi connectivity index (χ3v) is 7.35. The molecular weight excluding hydrogens is 497 g/mol. The maximum atomic E-state index is 13.0. The Kier molecular flexibility index (Phi) is 8.77. The minimum atomic E-state index is -4.34. The Morgan fingerprint density at radius 3 is 1.82 bits per heavy atom. The third-order valence-electron chi connectivity index (χ3n) is 7.35. The fourth-order valence-electron chi connectivity index (χ4n) is 5.27. The highest BCUT2D eigenvalue weighted by molar-refractivity contribution is 5.67. The molecule has 0 N–H and O–H groups in total. The average Bonchev–Trinajstić information content (AvgIpc) is 2.97. The molecule has 0 amide bonds. The molecule has 0 aliphatic carbocycles. The van der Waals surface area contributed by atoms with Gasteiger partial charge < -0.3 is 4.74 Å². The van der Waals surface area contributed by atoms with E-state index in [-0.39, 0.29) is 6.04 Å². The lowest BCUT2D eigenvalue weighted by molar-refractivity contribution is -0.137. The van der Waals surface area contributed by atoms with Gasteiger partial charge in [-0.2, -0.15) is 13.2 Å². The molecule has 0 atom stereocenters. The van der Waals surface area contributed by atoms with Crippen molar-refractivity contribution in [2.75, 3.05) is 39.3 Å². The van der Waals surface area contributed by atoms with Crippen molar-refractivity contribution in [3.05, 3.63) is 131 Å². The van der Waals surface area contributed by atoms with E-state index < -0.39 is 11.7 Å². The van der Waals surface area contributed by atoms with E-state index in [4.69, 9.17) is 4.74 Å². The Morgan fingerprint density at radius 2 is 1.23 bits per heavy atom. The van der Waals surface area contributed by atoms with E-state index >= 15 is 0 Å². The van der Waals surface area contributed by atoms with Crippen LogP contribution in [0.5, 0.6) is 0 Å². The molecule has 4 aromatic carbocycles. The second kappa shape index (κ2) is 12.6. The summed E-state index contributed by atoms with van der Waals surface area (Å²) >= 11 is 0. The van der Waals surface area contributed by atoms with Crippen molar-refractivity contribution in [3.63, 3.8) is 0 Å². The molecule has 5 rings (SSSR count). The van der Waals surface area contributed by atoms with Gasteiger partial charge >= 0.3 is 6.18 Å². The number of rotatable bonds is 9. The summed E-state index contributed by atoms with van der Waals surface area (Å²) in [7, 11) is 0. The van der Waals surface area contributed by atoms with Gasteiger partial charge in [-0.1, -0.05) is 97.1 Å². The summed E-state index contributed by atoms with van der Waals surface area (Å²) in [6.45, 7) is 5.76. The number of nitrogens with zero attached hydrogens (tertiary/aromatic N) is 2. The summed E-state index contributed by atoms with van der Waals surface area (Å²) in [6, 6.07) is 34.7. The fourth-order valence-corrected chi connectivity index (χ4v) is 5.27. The lowest BCUT2D eigenvalue weighted by Gasteiger charge is -2.39. The molecule has 0 radical (unpaired) electrons. The van der Waals surface area contributed by atoms with E-state index in [1.807, 2.05) is 24.3 Å². The molecule has 1 aliphatic rings. The zero-order valence-electron chi connectivity index (χ0n) is 21.9. The van der Waals surface area contributed by atoms with Gasteiger partial charge in [-0.15, -0.1) is 0 Å². The van der Waals surface area contributed by atoms with Crippen LogP contribution >= 0.6 is 0 Å². The monoisotopic (exact) mass is 530 g/mol. The maximum Gasteiger partial charge on any atom is 0.416 e. The topological polar surface area (TPSA) is 15.7 Å². The molecule has 202 valence electrons. The standard InChI is InChI=1S/C33H33F3N2O/c34-33(35,36)30-17-15-26(16-18-30)31-14-8-7-13-29(31)25-39-24-23-37-19-21-38(22-20-37)32(27-9-3-1-4-10-27)28-11-5-2-6-12-28/h1-18,32H,19-25H2. The molecule has 1 aliphatic heterocycles. The molecule has 39 heavy (non-hydrogen) atoms. The van der Waals surface area contributed by atoms with Crippen molar-refractivity contribution in [2.24, 2.45) is 0 Å². The molecule has 0 unspecified atom stereocenters. The van der Waals surface area contributed by atoms with Crippen molar-refractivity contribution in [3.8, 4) is 11.1 Å². The predicted octanol–water partition coefficient (Wildman–Crippen LogP) is 7.30. The normalized spacial score (nSPS) is 15.1. The van der Waals surface area contributed by atoms with Crippen LogP contribution in [0.25, 0.3) is 11.1 Å². The van der Waals surface area contributed by atoms with Gasteiger partial charge in [0.05, 0.1) is 24.8 Å². The van der Waals surface area contributed by atoms with Crippen molar-refractivity contribution in [1.82, 2.24) is 9.80 Å². The molecule has 3 nitrogen and oxygen atoms in total. The maximum absolute atomic E-state index is 13.0. The molecule has 0 saturated carbocycles. The van der Waals surface area contributed by atoms with E-state index in [0.717, 1.165) is 61.5 Å². The van der Waals surface area contributed by atoms with E-state index in [2.05, 4.69) is 70.5 Å². The van der Waals surface area contributed by atoms with Crippen LogP contribution in [0.2, 0.25) is 0 Å². The van der Waals surface area contributed by atoms with E-state index in [9.17, 15) is 13.2 Å². The number of piperazine rings is 1. The first-order valence-electron chi connectivity index (χ1n) is 13.4. The predicted molar refractivity (Wildman–Crippen MR) is 149 cm³/mol. The van der Waals surface area contributed by atoms with Crippen molar-refractivity contribution in [2.45, 2.75) is 18.8 Å². The fraction of sp³-hybridized carbons (Fsp3) is 0.273. The van der Waals surface area contributed by atoms with E-state index in [0.29, 0.717) is 13.2 Å². The first kappa shape index (κ1) is 27.1. The van der Waals surface area contributed by atoms with Gasteiger partial charge in [-0.25, -0.2) is 0 Å². The lowest BCUT2D eigenvalue weighted by atomic mass is 9.96. The number of hydrogen-bond donors (Lipinski definition) is 0. The van der Waals surface area contributed by atoms with E-state index in [1.54, 1.807) is 0 Å². The second-order valence-corrected chi connectivity index (χ2v) is 9.89. The molecular formula is C33H33F3N2O. The van der Waals surface area contributed by atoms with Crippen LogP contribution in [-0.2, 0) is 17.5 Å². The summed E-state index contributed by atoms with van der Waals surface area (Å²) < 4.78 is 44.9. The van der Waals surface area contributed by atoms with Gasteiger partial charge in [0.25, 0.3) is 0 Å². The molecule has 1 fully saturated rings. The van der Waals surface area contributed by atoms with Crippen LogP contribution < -0.4 is 0 Å². The Bertz CT molecular complexity index is 1260. The summed E-state index contributed by atoms with van der Waals surface area (Å²) in [5.41, 5.74) is 4.60. The smallest absolute Gasteiger partial charge is 0.375 e. The minimum absolute atomic E-state index is 0.243. The Morgan fingerprint density at radius 1 is 0.667 bits per heavy atom. The van der Waals surface area contributed by atoms with Crippen LogP contribution in [0.3, 0.4) is 0 Å². The number of hydrogen-bond acceptors (Lipinski definition) is 3. The van der Waals surface area contributed by atoms with Gasteiger partial charge in [0.15, 0.2) is 0 Å². The van der Waals surface area contributed by atoms with Crippen LogP contribution in [0.1, 0.15) is 28.3 Å². The van der Waals surface area contributed by atoms with E-state index in [1.165, 1.54) is 23.3 Å². The Balaban J connectivity index is 1.14. The Hall–Kier alpha value is -3.45. The van der Waals surface area contributed by atoms with Crippen LogP contribution in [0, 0.1) is 0 Å². The van der Waals surface area contributed by atoms with Gasteiger partial charge in [-0.05, 0) is 39.9 Å².